The number of rotatable bonds is 31. The molecule has 0 aromatic carbocycles. The van der Waals surface area contributed by atoms with Gasteiger partial charge in [-0.25, -0.2) is 4.57 Å². The summed E-state index contributed by atoms with van der Waals surface area (Å²) >= 11 is 0. The molecule has 46 heavy (non-hydrogen) atoms. The lowest BCUT2D eigenvalue weighted by atomic mass is 10.1. The molecular formula is C36H63O9P. The van der Waals surface area contributed by atoms with Crippen molar-refractivity contribution in [2.24, 2.45) is 0 Å². The number of esters is 2. The van der Waals surface area contributed by atoms with Crippen LogP contribution >= 0.6 is 7.82 Å². The largest absolute Gasteiger partial charge is 0.469 e. The number of hydrogen-bond donors (Lipinski definition) is 3. The Balaban J connectivity index is 4.14. The van der Waals surface area contributed by atoms with E-state index in [4.69, 9.17) is 19.3 Å². The van der Waals surface area contributed by atoms with Crippen molar-refractivity contribution < 1.29 is 43.0 Å². The van der Waals surface area contributed by atoms with Crippen LogP contribution in [0.3, 0.4) is 0 Å². The van der Waals surface area contributed by atoms with Crippen LogP contribution < -0.4 is 0 Å². The summed E-state index contributed by atoms with van der Waals surface area (Å²) in [5.41, 5.74) is 0. The Morgan fingerprint density at radius 2 is 1.17 bits per heavy atom. The third kappa shape index (κ3) is 33.3. The first-order valence-corrected chi connectivity index (χ1v) is 19.0. The zero-order chi connectivity index (χ0) is 34.1. The van der Waals surface area contributed by atoms with E-state index in [2.05, 4.69) is 48.8 Å². The van der Waals surface area contributed by atoms with Gasteiger partial charge in [0.2, 0.25) is 0 Å². The van der Waals surface area contributed by atoms with Crippen LogP contribution in [0.15, 0.2) is 48.6 Å². The van der Waals surface area contributed by atoms with Crippen LogP contribution in [0.2, 0.25) is 0 Å². The Morgan fingerprint density at radius 3 is 1.74 bits per heavy atom. The maximum absolute atomic E-state index is 12.3. The van der Waals surface area contributed by atoms with E-state index in [1.54, 1.807) is 0 Å². The Bertz CT molecular complexity index is 907. The average molecular weight is 671 g/mol. The molecule has 0 aromatic heterocycles. The van der Waals surface area contributed by atoms with Gasteiger partial charge in [-0.2, -0.15) is 0 Å². The summed E-state index contributed by atoms with van der Waals surface area (Å²) in [5, 5.41) is 9.68. The monoisotopic (exact) mass is 670 g/mol. The smallest absolute Gasteiger partial charge is 0.462 e. The first-order chi connectivity index (χ1) is 22.2. The molecule has 0 spiro atoms. The van der Waals surface area contributed by atoms with Crippen molar-refractivity contribution in [1.82, 2.24) is 0 Å². The number of aliphatic hydroxyl groups excluding tert-OH is 1. The van der Waals surface area contributed by atoms with Crippen molar-refractivity contribution in [3.8, 4) is 0 Å². The van der Waals surface area contributed by atoms with Crippen LogP contribution in [0.5, 0.6) is 0 Å². The summed E-state index contributed by atoms with van der Waals surface area (Å²) in [5.74, 6) is -0.976. The standard InChI is InChI=1S/C36H63O9P/c1-3-5-6-7-8-9-16-19-22-25-29-35(38)43-31-34(32-44-46(40,41)42)45-36(39)30-26-23-20-17-14-12-10-11-13-15-18-21-24-28-33(37)27-4-2/h10,12-13,15,17,20-21,24,33-34,37H,3-9,11,14,16,18-19,22-23,25-32H2,1-2H3,(H2,40,41,42)/b12-10-,15-13-,20-17-,24-21-/t33?,34-/m1/s1. The van der Waals surface area contributed by atoms with Crippen LogP contribution in [0, 0.1) is 0 Å². The normalized spacial score (nSPS) is 13.8. The molecule has 0 heterocycles. The molecule has 0 saturated carbocycles. The van der Waals surface area contributed by atoms with E-state index in [1.807, 2.05) is 18.2 Å². The summed E-state index contributed by atoms with van der Waals surface area (Å²) in [6.45, 7) is 3.40. The topological polar surface area (TPSA) is 140 Å². The molecule has 0 aliphatic rings. The number of phosphoric acid groups is 1. The Kier molecular flexibility index (Phi) is 30.2. The zero-order valence-electron chi connectivity index (χ0n) is 28.6. The molecule has 0 aromatic rings. The van der Waals surface area contributed by atoms with Crippen molar-refractivity contribution in [3.05, 3.63) is 48.6 Å². The van der Waals surface area contributed by atoms with Crippen molar-refractivity contribution in [2.45, 2.75) is 154 Å². The summed E-state index contributed by atoms with van der Waals surface area (Å²) in [6, 6.07) is 0. The fourth-order valence-corrected chi connectivity index (χ4v) is 4.92. The maximum Gasteiger partial charge on any atom is 0.469 e. The highest BCUT2D eigenvalue weighted by atomic mass is 31.2. The van der Waals surface area contributed by atoms with Gasteiger partial charge in [-0.1, -0.05) is 127 Å². The quantitative estimate of drug-likeness (QED) is 0.0285. The van der Waals surface area contributed by atoms with E-state index in [1.165, 1.54) is 38.5 Å². The molecule has 0 amide bonds. The second-order valence-electron chi connectivity index (χ2n) is 11.7. The van der Waals surface area contributed by atoms with Gasteiger partial charge >= 0.3 is 19.8 Å². The van der Waals surface area contributed by atoms with Gasteiger partial charge in [-0.05, 0) is 51.4 Å². The number of unbranched alkanes of at least 4 members (excludes halogenated alkanes) is 10. The summed E-state index contributed by atoms with van der Waals surface area (Å²) in [6.07, 6.45) is 33.3. The second kappa shape index (κ2) is 31.6. The fourth-order valence-electron chi connectivity index (χ4n) is 4.56. The van der Waals surface area contributed by atoms with Crippen LogP contribution in [0.1, 0.15) is 142 Å². The third-order valence-corrected chi connectivity index (χ3v) is 7.64. The maximum atomic E-state index is 12.3. The Morgan fingerprint density at radius 1 is 0.652 bits per heavy atom. The number of hydrogen-bond acceptors (Lipinski definition) is 7. The zero-order valence-corrected chi connectivity index (χ0v) is 29.5. The predicted molar refractivity (Wildman–Crippen MR) is 185 cm³/mol. The molecule has 0 bridgehead atoms. The summed E-state index contributed by atoms with van der Waals surface area (Å²) < 4.78 is 26.1. The molecular weight excluding hydrogens is 607 g/mol. The average Bonchev–Trinajstić information content (AvgIpc) is 3.01. The predicted octanol–water partition coefficient (Wildman–Crippen LogP) is 8.98. The van der Waals surface area contributed by atoms with Crippen LogP contribution in [-0.2, 0) is 28.2 Å². The lowest BCUT2D eigenvalue weighted by Gasteiger charge is -2.18. The molecule has 0 aliphatic heterocycles. The van der Waals surface area contributed by atoms with E-state index in [0.29, 0.717) is 25.7 Å². The molecule has 9 nitrogen and oxygen atoms in total. The van der Waals surface area contributed by atoms with E-state index in [0.717, 1.165) is 51.4 Å². The SMILES string of the molecule is CCCCCCCCCCCCC(=O)OC[C@H](COP(=O)(O)O)OC(=O)CCC/C=C\C/C=C\C/C=C\C/C=C\CC(O)CCC. The van der Waals surface area contributed by atoms with Crippen molar-refractivity contribution >= 4 is 19.8 Å². The van der Waals surface area contributed by atoms with Crippen LogP contribution in [0.25, 0.3) is 0 Å². The third-order valence-electron chi connectivity index (χ3n) is 7.16. The van der Waals surface area contributed by atoms with Crippen molar-refractivity contribution in [3.63, 3.8) is 0 Å². The lowest BCUT2D eigenvalue weighted by Crippen LogP contribution is -2.29. The molecule has 2 atom stereocenters. The van der Waals surface area contributed by atoms with E-state index in [-0.39, 0.29) is 25.6 Å². The van der Waals surface area contributed by atoms with Crippen molar-refractivity contribution in [1.29, 1.82) is 0 Å². The fraction of sp³-hybridized carbons (Fsp3) is 0.722. The van der Waals surface area contributed by atoms with Gasteiger partial charge in [0, 0.05) is 12.8 Å². The highest BCUT2D eigenvalue weighted by Gasteiger charge is 2.22. The van der Waals surface area contributed by atoms with Crippen LogP contribution in [-0.4, -0.2) is 52.3 Å². The lowest BCUT2D eigenvalue weighted by molar-refractivity contribution is -0.161. The minimum absolute atomic E-state index is 0.121. The molecule has 3 N–H and O–H groups in total. The molecule has 10 heteroatoms. The molecule has 0 radical (unpaired) electrons. The van der Waals surface area contributed by atoms with Gasteiger partial charge < -0.3 is 24.4 Å². The van der Waals surface area contributed by atoms with Gasteiger partial charge in [0.25, 0.3) is 0 Å². The van der Waals surface area contributed by atoms with Crippen LogP contribution in [0.4, 0.5) is 0 Å². The highest BCUT2D eigenvalue weighted by molar-refractivity contribution is 7.46. The number of aliphatic hydroxyl groups is 1. The molecule has 1 unspecified atom stereocenters. The number of allylic oxidation sites excluding steroid dienone is 7. The minimum Gasteiger partial charge on any atom is -0.462 e. The molecule has 0 fully saturated rings. The van der Waals surface area contributed by atoms with Gasteiger partial charge in [0.1, 0.15) is 6.61 Å². The first-order valence-electron chi connectivity index (χ1n) is 17.5. The second-order valence-corrected chi connectivity index (χ2v) is 12.9. The van der Waals surface area contributed by atoms with Gasteiger partial charge in [0.15, 0.2) is 6.10 Å². The van der Waals surface area contributed by atoms with Gasteiger partial charge in [-0.15, -0.1) is 0 Å². The molecule has 0 aliphatic carbocycles. The highest BCUT2D eigenvalue weighted by Crippen LogP contribution is 2.35. The van der Waals surface area contributed by atoms with E-state index < -0.39 is 32.5 Å². The summed E-state index contributed by atoms with van der Waals surface area (Å²) in [7, 11) is -4.77. The van der Waals surface area contributed by atoms with Gasteiger partial charge in [-0.3, -0.25) is 14.1 Å². The van der Waals surface area contributed by atoms with E-state index >= 15 is 0 Å². The minimum atomic E-state index is -4.77. The van der Waals surface area contributed by atoms with Gasteiger partial charge in [0.05, 0.1) is 12.7 Å². The Hall–Kier alpha value is -2.03. The first kappa shape index (κ1) is 44.0. The number of ether oxygens (including phenoxy) is 2. The molecule has 266 valence electrons. The van der Waals surface area contributed by atoms with Crippen molar-refractivity contribution in [2.75, 3.05) is 13.2 Å². The molecule has 0 saturated heterocycles. The Labute approximate surface area is 278 Å². The molecule has 0 rings (SSSR count). The number of carbonyl (C=O) groups is 2. The van der Waals surface area contributed by atoms with E-state index in [9.17, 15) is 19.3 Å². The number of phosphoric ester groups is 1. The summed E-state index contributed by atoms with van der Waals surface area (Å²) in [4.78, 5) is 42.5. The number of carbonyl (C=O) groups excluding carboxylic acids is 2.